The van der Waals surface area contributed by atoms with Crippen LogP contribution in [0.15, 0.2) is 71.9 Å². The quantitative estimate of drug-likeness (QED) is 0.189. The van der Waals surface area contributed by atoms with Crippen molar-refractivity contribution in [3.05, 3.63) is 89.2 Å². The summed E-state index contributed by atoms with van der Waals surface area (Å²) in [6, 6.07) is 19.0. The van der Waals surface area contributed by atoms with Crippen LogP contribution in [0.25, 0.3) is 0 Å². The fourth-order valence-electron chi connectivity index (χ4n) is 2.89. The summed E-state index contributed by atoms with van der Waals surface area (Å²) in [5.74, 6) is 0.891. The Labute approximate surface area is 191 Å². The van der Waals surface area contributed by atoms with Crippen LogP contribution >= 0.6 is 23.2 Å². The van der Waals surface area contributed by atoms with E-state index < -0.39 is 10.7 Å². The molecule has 0 saturated heterocycles. The summed E-state index contributed by atoms with van der Waals surface area (Å²) in [6.45, 7) is 4.38. The fraction of sp³-hybridized carbons (Fsp3) is 0.208. The number of alkyl halides is 2. The zero-order valence-corrected chi connectivity index (χ0v) is 18.7. The molecule has 0 bridgehead atoms. The highest BCUT2D eigenvalue weighted by Gasteiger charge is 2.14. The second-order valence-corrected chi connectivity index (χ2v) is 7.71. The lowest BCUT2D eigenvalue weighted by atomic mass is 10.0. The summed E-state index contributed by atoms with van der Waals surface area (Å²) in [4.78, 5) is 4.75. The molecule has 0 radical (unpaired) electrons. The monoisotopic (exact) mass is 461 g/mol. The van der Waals surface area contributed by atoms with E-state index in [4.69, 9.17) is 37.5 Å². The molecule has 0 heterocycles. The minimum Gasteiger partial charge on any atom is -0.494 e. The first-order valence-corrected chi connectivity index (χ1v) is 10.6. The lowest BCUT2D eigenvalue weighted by molar-refractivity contribution is 0.130. The Bertz CT molecular complexity index is 1040. The summed E-state index contributed by atoms with van der Waals surface area (Å²) < 4.78 is 25.2. The zero-order chi connectivity index (χ0) is 22.2. The van der Waals surface area contributed by atoms with Crippen LogP contribution in [-0.4, -0.2) is 12.3 Å². The molecular weight excluding hydrogens is 440 g/mol. The van der Waals surface area contributed by atoms with Crippen molar-refractivity contribution in [2.75, 3.05) is 6.61 Å². The molecule has 162 valence electrons. The predicted octanol–water partition coefficient (Wildman–Crippen LogP) is 7.43. The minimum atomic E-state index is -0.740. The van der Waals surface area contributed by atoms with Crippen molar-refractivity contribution in [2.45, 2.75) is 25.3 Å². The number of ether oxygens (including phenoxy) is 2. The standard InChI is InChI=1S/C24H22Cl2FNO3/c1-3-29-19-10-11-20(21(14-19)24(25)26)16(2)28-30-15-17-9-12-22(27)23(13-17)31-18-7-5-4-6-8-18/h4-14,24H,3,15H2,1-2H3. The first-order valence-electron chi connectivity index (χ1n) is 9.71. The molecule has 0 spiro atoms. The Balaban J connectivity index is 1.71. The molecule has 0 aliphatic heterocycles. The normalized spacial score (nSPS) is 11.5. The molecule has 31 heavy (non-hydrogen) atoms. The number of para-hydroxylation sites is 1. The molecule has 0 unspecified atom stereocenters. The molecule has 0 saturated carbocycles. The van der Waals surface area contributed by atoms with E-state index in [0.717, 1.165) is 5.56 Å². The van der Waals surface area contributed by atoms with E-state index >= 15 is 0 Å². The van der Waals surface area contributed by atoms with Crippen LogP contribution in [0.5, 0.6) is 17.2 Å². The maximum atomic E-state index is 14.1. The molecule has 4 nitrogen and oxygen atoms in total. The third kappa shape index (κ3) is 6.36. The van der Waals surface area contributed by atoms with Crippen molar-refractivity contribution in [1.82, 2.24) is 0 Å². The maximum Gasteiger partial charge on any atom is 0.165 e. The van der Waals surface area contributed by atoms with Gasteiger partial charge in [-0.3, -0.25) is 0 Å². The van der Waals surface area contributed by atoms with Crippen LogP contribution in [0, 0.1) is 5.82 Å². The van der Waals surface area contributed by atoms with Gasteiger partial charge in [-0.15, -0.1) is 23.2 Å². The van der Waals surface area contributed by atoms with Crippen molar-refractivity contribution >= 4 is 28.9 Å². The van der Waals surface area contributed by atoms with Gasteiger partial charge in [0.05, 0.1) is 12.3 Å². The SMILES string of the molecule is CCOc1ccc(C(C)=NOCc2ccc(F)c(Oc3ccccc3)c2)c(C(Cl)Cl)c1. The average molecular weight is 462 g/mol. The highest BCUT2D eigenvalue weighted by molar-refractivity contribution is 6.44. The van der Waals surface area contributed by atoms with Gasteiger partial charge in [-0.1, -0.05) is 29.4 Å². The summed E-state index contributed by atoms with van der Waals surface area (Å²) in [7, 11) is 0. The molecule has 0 amide bonds. The molecule has 3 rings (SSSR count). The molecule has 0 N–H and O–H groups in total. The van der Waals surface area contributed by atoms with Crippen molar-refractivity contribution in [3.8, 4) is 17.2 Å². The summed E-state index contributed by atoms with van der Waals surface area (Å²) >= 11 is 12.2. The summed E-state index contributed by atoms with van der Waals surface area (Å²) in [5.41, 5.74) is 2.75. The van der Waals surface area contributed by atoms with Crippen LogP contribution in [0.4, 0.5) is 4.39 Å². The van der Waals surface area contributed by atoms with Gasteiger partial charge in [-0.05, 0) is 67.4 Å². The van der Waals surface area contributed by atoms with E-state index in [-0.39, 0.29) is 12.4 Å². The van der Waals surface area contributed by atoms with Gasteiger partial charge in [0.25, 0.3) is 0 Å². The molecule has 0 fully saturated rings. The minimum absolute atomic E-state index is 0.119. The second-order valence-electron chi connectivity index (χ2n) is 6.61. The lowest BCUT2D eigenvalue weighted by Crippen LogP contribution is -2.03. The number of nitrogens with zero attached hydrogens (tertiary/aromatic N) is 1. The van der Waals surface area contributed by atoms with Crippen LogP contribution in [-0.2, 0) is 11.4 Å². The van der Waals surface area contributed by atoms with Crippen LogP contribution in [0.3, 0.4) is 0 Å². The Morgan fingerprint density at radius 1 is 1.00 bits per heavy atom. The van der Waals surface area contributed by atoms with Crippen molar-refractivity contribution in [3.63, 3.8) is 0 Å². The largest absolute Gasteiger partial charge is 0.494 e. The number of rotatable bonds is 9. The number of oxime groups is 1. The van der Waals surface area contributed by atoms with Gasteiger partial charge in [-0.25, -0.2) is 4.39 Å². The number of benzene rings is 3. The topological polar surface area (TPSA) is 40.0 Å². The zero-order valence-electron chi connectivity index (χ0n) is 17.1. The second kappa shape index (κ2) is 11.0. The van der Waals surface area contributed by atoms with E-state index in [2.05, 4.69) is 5.16 Å². The van der Waals surface area contributed by atoms with Crippen LogP contribution in [0.2, 0.25) is 0 Å². The van der Waals surface area contributed by atoms with Crippen molar-refractivity contribution in [1.29, 1.82) is 0 Å². The molecule has 0 atom stereocenters. The number of hydrogen-bond acceptors (Lipinski definition) is 4. The van der Waals surface area contributed by atoms with Gasteiger partial charge >= 0.3 is 0 Å². The Morgan fingerprint density at radius 2 is 1.77 bits per heavy atom. The highest BCUT2D eigenvalue weighted by Crippen LogP contribution is 2.32. The molecule has 0 aromatic heterocycles. The maximum absolute atomic E-state index is 14.1. The average Bonchev–Trinajstić information content (AvgIpc) is 2.76. The van der Waals surface area contributed by atoms with E-state index in [1.54, 1.807) is 37.3 Å². The van der Waals surface area contributed by atoms with E-state index in [1.165, 1.54) is 6.07 Å². The first-order chi connectivity index (χ1) is 15.0. The van der Waals surface area contributed by atoms with Gasteiger partial charge in [0.1, 0.15) is 22.9 Å². The van der Waals surface area contributed by atoms with Gasteiger partial charge in [-0.2, -0.15) is 0 Å². The van der Waals surface area contributed by atoms with E-state index in [9.17, 15) is 4.39 Å². The summed E-state index contributed by atoms with van der Waals surface area (Å²) in [5, 5.41) is 4.17. The van der Waals surface area contributed by atoms with Crippen molar-refractivity contribution in [2.24, 2.45) is 5.16 Å². The smallest absolute Gasteiger partial charge is 0.165 e. The molecule has 0 aliphatic rings. The van der Waals surface area contributed by atoms with E-state index in [1.807, 2.05) is 37.3 Å². The molecule has 7 heteroatoms. The Morgan fingerprint density at radius 3 is 2.48 bits per heavy atom. The predicted molar refractivity (Wildman–Crippen MR) is 122 cm³/mol. The number of halogens is 3. The van der Waals surface area contributed by atoms with Crippen molar-refractivity contribution < 1.29 is 18.7 Å². The molecule has 3 aromatic carbocycles. The van der Waals surface area contributed by atoms with Gasteiger partial charge in [0.15, 0.2) is 11.6 Å². The lowest BCUT2D eigenvalue weighted by Gasteiger charge is -2.13. The van der Waals surface area contributed by atoms with Crippen LogP contribution < -0.4 is 9.47 Å². The first kappa shape index (κ1) is 22.9. The number of hydrogen-bond donors (Lipinski definition) is 0. The van der Waals surface area contributed by atoms with Gasteiger partial charge in [0, 0.05) is 5.56 Å². The third-order valence-corrected chi connectivity index (χ3v) is 4.83. The molecule has 3 aromatic rings. The Hall–Kier alpha value is -2.76. The summed E-state index contributed by atoms with van der Waals surface area (Å²) in [6.07, 6.45) is 0. The molecule has 0 aliphatic carbocycles. The van der Waals surface area contributed by atoms with Gasteiger partial charge in [0.2, 0.25) is 0 Å². The molecular formula is C24H22Cl2FNO3. The Kier molecular flexibility index (Phi) is 8.15. The third-order valence-electron chi connectivity index (χ3n) is 4.36. The van der Waals surface area contributed by atoms with E-state index in [0.29, 0.717) is 34.9 Å². The van der Waals surface area contributed by atoms with Crippen LogP contribution in [0.1, 0.15) is 35.4 Å². The fourth-order valence-corrected chi connectivity index (χ4v) is 3.25. The highest BCUT2D eigenvalue weighted by atomic mass is 35.5. The van der Waals surface area contributed by atoms with Gasteiger partial charge < -0.3 is 14.3 Å².